The summed E-state index contributed by atoms with van der Waals surface area (Å²) in [6, 6.07) is 6.45. The standard InChI is InChI=1S/C21H32O2/c1-6-7-8-9-16(19(22)23)15-10-11-17-18(14-15)21(4,5)13-12-20(17,2)3/h10-11,14,16H,6-9,12-13H2,1-5H3,(H,22,23)/t16-/m1/s1. The zero-order valence-corrected chi connectivity index (χ0v) is 15.4. The van der Waals surface area contributed by atoms with Crippen molar-refractivity contribution in [3.05, 3.63) is 34.9 Å². The van der Waals surface area contributed by atoms with Gasteiger partial charge in [-0.2, -0.15) is 0 Å². The number of hydrogen-bond donors (Lipinski definition) is 1. The van der Waals surface area contributed by atoms with Crippen LogP contribution in [0.15, 0.2) is 18.2 Å². The highest BCUT2D eigenvalue weighted by Gasteiger charge is 2.37. The molecule has 1 aliphatic carbocycles. The van der Waals surface area contributed by atoms with Gasteiger partial charge in [-0.25, -0.2) is 0 Å². The number of carboxylic acid groups (broad SMARTS) is 1. The first-order valence-electron chi connectivity index (χ1n) is 9.07. The second-order valence-electron chi connectivity index (χ2n) is 8.46. The molecule has 2 rings (SSSR count). The second-order valence-corrected chi connectivity index (χ2v) is 8.46. The predicted molar refractivity (Wildman–Crippen MR) is 96.2 cm³/mol. The molecule has 1 aliphatic rings. The highest BCUT2D eigenvalue weighted by Crippen LogP contribution is 2.46. The molecule has 128 valence electrons. The van der Waals surface area contributed by atoms with E-state index in [2.05, 4.69) is 52.8 Å². The van der Waals surface area contributed by atoms with Crippen LogP contribution < -0.4 is 0 Å². The molecule has 0 aliphatic heterocycles. The molecule has 0 unspecified atom stereocenters. The van der Waals surface area contributed by atoms with Crippen LogP contribution in [0.4, 0.5) is 0 Å². The Balaban J connectivity index is 2.39. The van der Waals surface area contributed by atoms with Crippen LogP contribution in [0.2, 0.25) is 0 Å². The van der Waals surface area contributed by atoms with E-state index in [9.17, 15) is 9.90 Å². The average Bonchev–Trinajstić information content (AvgIpc) is 2.48. The maximum Gasteiger partial charge on any atom is 0.310 e. The van der Waals surface area contributed by atoms with Gasteiger partial charge >= 0.3 is 5.97 Å². The maximum atomic E-state index is 11.8. The first-order chi connectivity index (χ1) is 10.7. The van der Waals surface area contributed by atoms with Crippen molar-refractivity contribution in [2.24, 2.45) is 0 Å². The van der Waals surface area contributed by atoms with Crippen LogP contribution in [0.1, 0.15) is 95.8 Å². The third kappa shape index (κ3) is 3.79. The van der Waals surface area contributed by atoms with Gasteiger partial charge in [-0.05, 0) is 46.8 Å². The fourth-order valence-corrected chi connectivity index (χ4v) is 3.85. The van der Waals surface area contributed by atoms with Gasteiger partial charge in [0.25, 0.3) is 0 Å². The van der Waals surface area contributed by atoms with E-state index < -0.39 is 5.97 Å². The van der Waals surface area contributed by atoms with Gasteiger partial charge in [0, 0.05) is 0 Å². The molecular formula is C21H32O2. The first kappa shape index (κ1) is 18.0. The van der Waals surface area contributed by atoms with Crippen molar-refractivity contribution in [2.45, 2.75) is 89.9 Å². The molecule has 23 heavy (non-hydrogen) atoms. The largest absolute Gasteiger partial charge is 0.481 e. The number of hydrogen-bond acceptors (Lipinski definition) is 1. The van der Waals surface area contributed by atoms with Crippen molar-refractivity contribution in [1.29, 1.82) is 0 Å². The zero-order chi connectivity index (χ0) is 17.3. The fourth-order valence-electron chi connectivity index (χ4n) is 3.85. The fraction of sp³-hybridized carbons (Fsp3) is 0.667. The molecule has 0 amide bonds. The summed E-state index contributed by atoms with van der Waals surface area (Å²) in [5.74, 6) is -1.05. The van der Waals surface area contributed by atoms with Crippen LogP contribution in [-0.4, -0.2) is 11.1 Å². The summed E-state index contributed by atoms with van der Waals surface area (Å²) >= 11 is 0. The summed E-state index contributed by atoms with van der Waals surface area (Å²) in [5, 5.41) is 9.66. The van der Waals surface area contributed by atoms with Gasteiger partial charge in [0.1, 0.15) is 0 Å². The summed E-state index contributed by atoms with van der Waals surface area (Å²) in [5.41, 5.74) is 4.05. The quantitative estimate of drug-likeness (QED) is 0.675. The minimum absolute atomic E-state index is 0.132. The Kier molecular flexibility index (Phi) is 5.23. The molecule has 1 N–H and O–H groups in total. The normalized spacial score (nSPS) is 19.9. The van der Waals surface area contributed by atoms with Gasteiger partial charge in [-0.1, -0.05) is 72.1 Å². The lowest BCUT2D eigenvalue weighted by Crippen LogP contribution is -2.34. The van der Waals surface area contributed by atoms with Crippen molar-refractivity contribution >= 4 is 5.97 Å². The monoisotopic (exact) mass is 316 g/mol. The van der Waals surface area contributed by atoms with Crippen LogP contribution in [-0.2, 0) is 15.6 Å². The van der Waals surface area contributed by atoms with Crippen LogP contribution in [0.3, 0.4) is 0 Å². The van der Waals surface area contributed by atoms with Gasteiger partial charge < -0.3 is 5.11 Å². The Morgan fingerprint density at radius 3 is 2.26 bits per heavy atom. The second kappa shape index (κ2) is 6.67. The summed E-state index contributed by atoms with van der Waals surface area (Å²) in [6.07, 6.45) is 6.30. The van der Waals surface area contributed by atoms with Crippen LogP contribution >= 0.6 is 0 Å². The Bertz CT molecular complexity index is 569. The number of aliphatic carboxylic acids is 1. The lowest BCUT2D eigenvalue weighted by atomic mass is 9.62. The van der Waals surface area contributed by atoms with E-state index in [4.69, 9.17) is 0 Å². The van der Waals surface area contributed by atoms with Crippen molar-refractivity contribution < 1.29 is 9.90 Å². The van der Waals surface area contributed by atoms with Crippen molar-refractivity contribution in [3.63, 3.8) is 0 Å². The molecule has 2 heteroatoms. The number of carboxylic acids is 1. The molecular weight excluding hydrogens is 284 g/mol. The van der Waals surface area contributed by atoms with E-state index >= 15 is 0 Å². The summed E-state index contributed by atoms with van der Waals surface area (Å²) in [4.78, 5) is 11.8. The van der Waals surface area contributed by atoms with Crippen LogP contribution in [0.5, 0.6) is 0 Å². The smallest absolute Gasteiger partial charge is 0.310 e. The third-order valence-corrected chi connectivity index (χ3v) is 5.67. The summed E-state index contributed by atoms with van der Waals surface area (Å²) in [6.45, 7) is 11.3. The molecule has 0 radical (unpaired) electrons. The molecule has 0 saturated heterocycles. The number of unbranched alkanes of at least 4 members (excludes halogenated alkanes) is 2. The highest BCUT2D eigenvalue weighted by atomic mass is 16.4. The third-order valence-electron chi connectivity index (χ3n) is 5.67. The van der Waals surface area contributed by atoms with Crippen molar-refractivity contribution in [2.75, 3.05) is 0 Å². The molecule has 2 nitrogen and oxygen atoms in total. The van der Waals surface area contributed by atoms with E-state index in [0.29, 0.717) is 0 Å². The van der Waals surface area contributed by atoms with Gasteiger partial charge in [0.05, 0.1) is 5.92 Å². The molecule has 0 fully saturated rings. The van der Waals surface area contributed by atoms with Gasteiger partial charge in [-0.15, -0.1) is 0 Å². The van der Waals surface area contributed by atoms with Crippen LogP contribution in [0.25, 0.3) is 0 Å². The SMILES string of the molecule is CCCCC[C@@H](C(=O)O)c1ccc2c(c1)C(C)(C)CCC2(C)C. The predicted octanol–water partition coefficient (Wildman–Crippen LogP) is 5.78. The topological polar surface area (TPSA) is 37.3 Å². The molecule has 0 saturated carbocycles. The molecule has 0 heterocycles. The lowest BCUT2D eigenvalue weighted by molar-refractivity contribution is -0.139. The Morgan fingerprint density at radius 1 is 1.09 bits per heavy atom. The van der Waals surface area contributed by atoms with Crippen LogP contribution in [0, 0.1) is 0 Å². The Hall–Kier alpha value is -1.31. The van der Waals surface area contributed by atoms with E-state index in [1.807, 2.05) is 0 Å². The van der Waals surface area contributed by atoms with E-state index in [1.165, 1.54) is 17.5 Å². The summed E-state index contributed by atoms with van der Waals surface area (Å²) in [7, 11) is 0. The zero-order valence-electron chi connectivity index (χ0n) is 15.4. The number of fused-ring (bicyclic) bond motifs is 1. The van der Waals surface area contributed by atoms with Gasteiger partial charge in [-0.3, -0.25) is 4.79 Å². The van der Waals surface area contributed by atoms with E-state index in [0.717, 1.165) is 37.7 Å². The number of rotatable bonds is 6. The average molecular weight is 316 g/mol. The molecule has 0 bridgehead atoms. The van der Waals surface area contributed by atoms with E-state index in [1.54, 1.807) is 0 Å². The van der Waals surface area contributed by atoms with Gasteiger partial charge in [0.2, 0.25) is 0 Å². The first-order valence-corrected chi connectivity index (χ1v) is 9.07. The molecule has 0 aromatic heterocycles. The minimum atomic E-state index is -0.686. The molecule has 0 spiro atoms. The van der Waals surface area contributed by atoms with Crippen molar-refractivity contribution in [3.8, 4) is 0 Å². The number of benzene rings is 1. The van der Waals surface area contributed by atoms with Gasteiger partial charge in [0.15, 0.2) is 0 Å². The van der Waals surface area contributed by atoms with E-state index in [-0.39, 0.29) is 16.7 Å². The molecule has 1 aromatic rings. The van der Waals surface area contributed by atoms with Crippen molar-refractivity contribution in [1.82, 2.24) is 0 Å². The molecule has 1 aromatic carbocycles. The molecule has 1 atom stereocenters. The lowest BCUT2D eigenvalue weighted by Gasteiger charge is -2.42. The summed E-state index contributed by atoms with van der Waals surface area (Å²) < 4.78 is 0. The Labute approximate surface area is 141 Å². The minimum Gasteiger partial charge on any atom is -0.481 e. The highest BCUT2D eigenvalue weighted by molar-refractivity contribution is 5.76. The maximum absolute atomic E-state index is 11.8. The number of carbonyl (C=O) groups is 1. The Morgan fingerprint density at radius 2 is 1.70 bits per heavy atom.